The average Bonchev–Trinajstić information content (AvgIpc) is 2.72. The summed E-state index contributed by atoms with van der Waals surface area (Å²) in [4.78, 5) is 26.8. The molecule has 1 aromatic rings. The van der Waals surface area contributed by atoms with E-state index in [1.165, 1.54) is 6.07 Å². The Labute approximate surface area is 158 Å². The Hall–Kier alpha value is -2.19. The van der Waals surface area contributed by atoms with E-state index in [9.17, 15) is 14.0 Å². The molecule has 0 aromatic heterocycles. The van der Waals surface area contributed by atoms with Crippen LogP contribution in [0.3, 0.4) is 0 Å². The van der Waals surface area contributed by atoms with Gasteiger partial charge in [-0.05, 0) is 18.6 Å². The fourth-order valence-corrected chi connectivity index (χ4v) is 3.41. The van der Waals surface area contributed by atoms with Gasteiger partial charge in [-0.3, -0.25) is 9.59 Å². The maximum Gasteiger partial charge on any atom is 0.227 e. The van der Waals surface area contributed by atoms with Gasteiger partial charge in [0.2, 0.25) is 11.8 Å². The smallest absolute Gasteiger partial charge is 0.227 e. The summed E-state index contributed by atoms with van der Waals surface area (Å²) in [5, 5.41) is 6.00. The van der Waals surface area contributed by atoms with Crippen LogP contribution in [0.5, 0.6) is 5.75 Å². The summed E-state index contributed by atoms with van der Waals surface area (Å²) < 4.78 is 24.1. The number of morpholine rings is 1. The Balaban J connectivity index is 1.41. The third-order valence-corrected chi connectivity index (χ3v) is 4.89. The topological polar surface area (TPSA) is 79.9 Å². The number of amides is 2. The second-order valence-electron chi connectivity index (χ2n) is 6.80. The SMILES string of the molecule is O=C(NCCOc1ccccc1F)[C@@H]1CNC[C@@H](C(=O)N2CCOCC2)C1. The van der Waals surface area contributed by atoms with Gasteiger partial charge >= 0.3 is 0 Å². The monoisotopic (exact) mass is 379 g/mol. The summed E-state index contributed by atoms with van der Waals surface area (Å²) in [6.45, 7) is 3.97. The first-order valence-electron chi connectivity index (χ1n) is 9.37. The van der Waals surface area contributed by atoms with Gasteiger partial charge in [-0.25, -0.2) is 4.39 Å². The molecule has 2 aliphatic heterocycles. The standard InChI is InChI=1S/C19H26FN3O4/c20-16-3-1-2-4-17(16)27-8-5-22-18(24)14-11-15(13-21-12-14)19(25)23-6-9-26-10-7-23/h1-4,14-15,21H,5-13H2,(H,22,24)/t14-,15-/m0/s1. The Morgan fingerprint density at radius 1 is 1.22 bits per heavy atom. The number of carbonyl (C=O) groups excluding carboxylic acids is 2. The zero-order chi connectivity index (χ0) is 19.1. The fraction of sp³-hybridized carbons (Fsp3) is 0.579. The minimum absolute atomic E-state index is 0.0891. The summed E-state index contributed by atoms with van der Waals surface area (Å²) in [5.74, 6) is -0.734. The molecule has 148 valence electrons. The van der Waals surface area contributed by atoms with Gasteiger partial charge in [-0.15, -0.1) is 0 Å². The number of benzene rings is 1. The third-order valence-electron chi connectivity index (χ3n) is 4.89. The van der Waals surface area contributed by atoms with E-state index in [0.717, 1.165) is 0 Å². The molecule has 0 bridgehead atoms. The van der Waals surface area contributed by atoms with E-state index in [2.05, 4.69) is 10.6 Å². The number of piperidine rings is 1. The van der Waals surface area contributed by atoms with Crippen LogP contribution in [0.15, 0.2) is 24.3 Å². The van der Waals surface area contributed by atoms with Crippen molar-refractivity contribution in [1.29, 1.82) is 0 Å². The molecule has 2 aliphatic rings. The van der Waals surface area contributed by atoms with Gasteiger partial charge in [0.25, 0.3) is 0 Å². The zero-order valence-electron chi connectivity index (χ0n) is 15.3. The molecule has 0 saturated carbocycles. The first-order valence-corrected chi connectivity index (χ1v) is 9.37. The minimum Gasteiger partial charge on any atom is -0.489 e. The summed E-state index contributed by atoms with van der Waals surface area (Å²) in [5.41, 5.74) is 0. The Morgan fingerprint density at radius 3 is 2.74 bits per heavy atom. The van der Waals surface area contributed by atoms with E-state index in [0.29, 0.717) is 45.8 Å². The van der Waals surface area contributed by atoms with Crippen LogP contribution in [-0.4, -0.2) is 69.3 Å². The van der Waals surface area contributed by atoms with Crippen molar-refractivity contribution in [2.75, 3.05) is 52.5 Å². The van der Waals surface area contributed by atoms with Crippen LogP contribution in [0.25, 0.3) is 0 Å². The lowest BCUT2D eigenvalue weighted by Gasteiger charge is -2.34. The van der Waals surface area contributed by atoms with E-state index in [4.69, 9.17) is 9.47 Å². The Kier molecular flexibility index (Phi) is 7.00. The van der Waals surface area contributed by atoms with E-state index >= 15 is 0 Å². The summed E-state index contributed by atoms with van der Waals surface area (Å²) >= 11 is 0. The van der Waals surface area contributed by atoms with Crippen LogP contribution >= 0.6 is 0 Å². The highest BCUT2D eigenvalue weighted by Gasteiger charge is 2.33. The fourth-order valence-electron chi connectivity index (χ4n) is 3.41. The van der Waals surface area contributed by atoms with Crippen molar-refractivity contribution in [3.63, 3.8) is 0 Å². The van der Waals surface area contributed by atoms with Crippen molar-refractivity contribution in [3.8, 4) is 5.75 Å². The van der Waals surface area contributed by atoms with Crippen LogP contribution in [-0.2, 0) is 14.3 Å². The Morgan fingerprint density at radius 2 is 1.96 bits per heavy atom. The van der Waals surface area contributed by atoms with Gasteiger partial charge in [0, 0.05) is 26.2 Å². The van der Waals surface area contributed by atoms with Gasteiger partial charge in [0.15, 0.2) is 11.6 Å². The number of carbonyl (C=O) groups is 2. The number of nitrogens with zero attached hydrogens (tertiary/aromatic N) is 1. The molecule has 2 fully saturated rings. The van der Waals surface area contributed by atoms with E-state index in [-0.39, 0.29) is 42.6 Å². The summed E-state index contributed by atoms with van der Waals surface area (Å²) in [6.07, 6.45) is 0.531. The van der Waals surface area contributed by atoms with Gasteiger partial charge in [0.05, 0.1) is 31.6 Å². The lowest BCUT2D eigenvalue weighted by atomic mass is 9.88. The molecule has 2 heterocycles. The van der Waals surface area contributed by atoms with Crippen molar-refractivity contribution >= 4 is 11.8 Å². The molecule has 2 atom stereocenters. The van der Waals surface area contributed by atoms with Crippen molar-refractivity contribution in [1.82, 2.24) is 15.5 Å². The molecule has 2 saturated heterocycles. The lowest BCUT2D eigenvalue weighted by Crippen LogP contribution is -2.51. The van der Waals surface area contributed by atoms with Crippen molar-refractivity contribution in [3.05, 3.63) is 30.1 Å². The largest absolute Gasteiger partial charge is 0.489 e. The summed E-state index contributed by atoms with van der Waals surface area (Å²) in [6, 6.07) is 6.16. The third kappa shape index (κ3) is 5.40. The molecule has 7 nitrogen and oxygen atoms in total. The quantitative estimate of drug-likeness (QED) is 0.700. The van der Waals surface area contributed by atoms with Crippen molar-refractivity contribution < 1.29 is 23.5 Å². The number of hydrogen-bond donors (Lipinski definition) is 2. The predicted octanol–water partition coefficient (Wildman–Crippen LogP) is 0.405. The van der Waals surface area contributed by atoms with Crippen LogP contribution in [0.1, 0.15) is 6.42 Å². The predicted molar refractivity (Wildman–Crippen MR) is 96.8 cm³/mol. The molecule has 0 unspecified atom stereocenters. The minimum atomic E-state index is -0.426. The number of hydrogen-bond acceptors (Lipinski definition) is 5. The van der Waals surface area contributed by atoms with Gasteiger partial charge in [-0.1, -0.05) is 12.1 Å². The molecule has 8 heteroatoms. The highest BCUT2D eigenvalue weighted by Crippen LogP contribution is 2.20. The normalized spacial score (nSPS) is 22.9. The van der Waals surface area contributed by atoms with E-state index < -0.39 is 5.82 Å². The Bertz CT molecular complexity index is 652. The van der Waals surface area contributed by atoms with Crippen molar-refractivity contribution in [2.45, 2.75) is 6.42 Å². The molecular weight excluding hydrogens is 353 g/mol. The van der Waals surface area contributed by atoms with E-state index in [1.54, 1.807) is 18.2 Å². The van der Waals surface area contributed by atoms with Crippen molar-refractivity contribution in [2.24, 2.45) is 11.8 Å². The first kappa shape index (κ1) is 19.6. The van der Waals surface area contributed by atoms with Gasteiger partial charge < -0.3 is 25.0 Å². The number of rotatable bonds is 6. The first-order chi connectivity index (χ1) is 13.1. The molecule has 0 radical (unpaired) electrons. The second kappa shape index (κ2) is 9.66. The van der Waals surface area contributed by atoms with Gasteiger partial charge in [0.1, 0.15) is 6.61 Å². The molecule has 3 rings (SSSR count). The highest BCUT2D eigenvalue weighted by atomic mass is 19.1. The number of nitrogens with one attached hydrogen (secondary N) is 2. The molecule has 2 amide bonds. The van der Waals surface area contributed by atoms with Crippen LogP contribution in [0, 0.1) is 17.7 Å². The maximum absolute atomic E-state index is 13.5. The zero-order valence-corrected chi connectivity index (χ0v) is 15.3. The highest BCUT2D eigenvalue weighted by molar-refractivity contribution is 5.83. The van der Waals surface area contributed by atoms with Crippen LogP contribution in [0.2, 0.25) is 0 Å². The molecule has 27 heavy (non-hydrogen) atoms. The molecule has 0 spiro atoms. The number of ether oxygens (including phenoxy) is 2. The van der Waals surface area contributed by atoms with E-state index in [1.807, 2.05) is 4.90 Å². The second-order valence-corrected chi connectivity index (χ2v) is 6.80. The average molecular weight is 379 g/mol. The van der Waals surface area contributed by atoms with Gasteiger partial charge in [-0.2, -0.15) is 0 Å². The lowest BCUT2D eigenvalue weighted by molar-refractivity contribution is -0.141. The molecule has 1 aromatic carbocycles. The molecule has 0 aliphatic carbocycles. The number of halogens is 1. The number of para-hydroxylation sites is 1. The maximum atomic E-state index is 13.5. The molecular formula is C19H26FN3O4. The molecule has 2 N–H and O–H groups in total. The van der Waals surface area contributed by atoms with Crippen LogP contribution in [0.4, 0.5) is 4.39 Å². The summed E-state index contributed by atoms with van der Waals surface area (Å²) in [7, 11) is 0. The van der Waals surface area contributed by atoms with Crippen LogP contribution < -0.4 is 15.4 Å².